The van der Waals surface area contributed by atoms with E-state index in [9.17, 15) is 18.0 Å². The van der Waals surface area contributed by atoms with Crippen molar-refractivity contribution in [2.24, 2.45) is 7.05 Å². The number of aryl methyl sites for hydroxylation is 1. The molecule has 3 aromatic carbocycles. The zero-order valence-corrected chi connectivity index (χ0v) is 24.8. The molecular formula is C32H33N3O7S. The number of methoxy groups -OCH3 is 1. The number of hydrogen-bond acceptors (Lipinski definition) is 7. The summed E-state index contributed by atoms with van der Waals surface area (Å²) in [5, 5.41) is 3.74. The van der Waals surface area contributed by atoms with Gasteiger partial charge in [0, 0.05) is 41.8 Å². The molecule has 1 aliphatic carbocycles. The first-order chi connectivity index (χ1) is 20.7. The molecule has 0 bridgehead atoms. The lowest BCUT2D eigenvalue weighted by atomic mass is 10.0. The number of benzene rings is 3. The van der Waals surface area contributed by atoms with Crippen molar-refractivity contribution in [3.8, 4) is 11.5 Å². The summed E-state index contributed by atoms with van der Waals surface area (Å²) in [6, 6.07) is 16.3. The van der Waals surface area contributed by atoms with Crippen LogP contribution >= 0.6 is 0 Å². The molecule has 0 saturated heterocycles. The van der Waals surface area contributed by atoms with Gasteiger partial charge in [-0.25, -0.2) is 17.9 Å². The van der Waals surface area contributed by atoms with E-state index < -0.39 is 22.0 Å². The Balaban J connectivity index is 1.39. The zero-order valence-electron chi connectivity index (χ0n) is 24.0. The molecule has 1 fully saturated rings. The summed E-state index contributed by atoms with van der Waals surface area (Å²) in [7, 11) is -0.795. The third-order valence-electron chi connectivity index (χ3n) is 7.39. The molecule has 0 atom stereocenters. The highest BCUT2D eigenvalue weighted by molar-refractivity contribution is 7.90. The van der Waals surface area contributed by atoms with Crippen molar-refractivity contribution in [2.75, 3.05) is 12.4 Å². The highest BCUT2D eigenvalue weighted by atomic mass is 32.2. The Morgan fingerprint density at radius 3 is 2.53 bits per heavy atom. The summed E-state index contributed by atoms with van der Waals surface area (Å²) in [4.78, 5) is 25.4. The van der Waals surface area contributed by atoms with E-state index in [1.165, 1.54) is 31.4 Å². The van der Waals surface area contributed by atoms with Gasteiger partial charge < -0.3 is 18.8 Å². The molecule has 0 spiro atoms. The molecule has 0 radical (unpaired) electrons. The summed E-state index contributed by atoms with van der Waals surface area (Å²) in [5.41, 5.74) is 3.29. The zero-order chi connectivity index (χ0) is 30.6. The second-order valence-corrected chi connectivity index (χ2v) is 12.0. The number of sulfonamides is 1. The number of carbonyl (C=O) groups excluding carboxylic acids is 2. The number of hydrogen-bond donors (Lipinski definition) is 2. The van der Waals surface area contributed by atoms with E-state index in [1.54, 1.807) is 18.2 Å². The van der Waals surface area contributed by atoms with Gasteiger partial charge >= 0.3 is 6.09 Å². The highest BCUT2D eigenvalue weighted by Crippen LogP contribution is 2.31. The molecule has 1 heterocycles. The molecule has 5 rings (SSSR count). The van der Waals surface area contributed by atoms with Gasteiger partial charge in [-0.3, -0.25) is 10.1 Å². The lowest BCUT2D eigenvalue weighted by Crippen LogP contribution is -2.30. The third-order valence-corrected chi connectivity index (χ3v) is 8.76. The fraction of sp³-hybridized carbons (Fsp3) is 0.250. The first-order valence-electron chi connectivity index (χ1n) is 13.8. The summed E-state index contributed by atoms with van der Waals surface area (Å²) in [5.74, 6) is -0.220. The van der Waals surface area contributed by atoms with E-state index in [4.69, 9.17) is 14.2 Å². The summed E-state index contributed by atoms with van der Waals surface area (Å²) < 4.78 is 46.5. The Kier molecular flexibility index (Phi) is 8.72. The first kappa shape index (κ1) is 29.7. The number of anilines is 1. The van der Waals surface area contributed by atoms with Gasteiger partial charge in [-0.15, -0.1) is 0 Å². The number of nitrogens with zero attached hydrogens (tertiary/aromatic N) is 1. The number of ether oxygens (including phenoxy) is 3. The SMILES string of the molecule is C=COc1ccccc1S(=O)(=O)NC(=O)c1ccc(OC)c(Cc2cn(C)c3ccc(NC(=O)OC4CCCC4)cc23)c1. The van der Waals surface area contributed by atoms with Crippen LogP contribution in [0.4, 0.5) is 10.5 Å². The number of para-hydroxylation sites is 1. The minimum absolute atomic E-state index is 0.0434. The molecule has 2 amide bonds. The molecule has 1 aliphatic rings. The molecule has 11 heteroatoms. The minimum atomic E-state index is -4.25. The van der Waals surface area contributed by atoms with Crippen molar-refractivity contribution in [1.82, 2.24) is 9.29 Å². The molecule has 2 N–H and O–H groups in total. The van der Waals surface area contributed by atoms with E-state index in [0.29, 0.717) is 23.4 Å². The largest absolute Gasteiger partial charge is 0.496 e. The summed E-state index contributed by atoms with van der Waals surface area (Å²) >= 11 is 0. The first-order valence-corrected chi connectivity index (χ1v) is 15.3. The smallest absolute Gasteiger partial charge is 0.411 e. The van der Waals surface area contributed by atoms with E-state index in [0.717, 1.165) is 48.4 Å². The Hall–Kier alpha value is -4.77. The molecular weight excluding hydrogens is 570 g/mol. The van der Waals surface area contributed by atoms with Crippen molar-refractivity contribution < 1.29 is 32.2 Å². The predicted octanol–water partition coefficient (Wildman–Crippen LogP) is 5.91. The molecule has 10 nitrogen and oxygen atoms in total. The molecule has 0 unspecified atom stereocenters. The van der Waals surface area contributed by atoms with Gasteiger partial charge in [-0.1, -0.05) is 18.7 Å². The molecule has 4 aromatic rings. The highest BCUT2D eigenvalue weighted by Gasteiger charge is 2.24. The maximum absolute atomic E-state index is 13.1. The van der Waals surface area contributed by atoms with Crippen LogP contribution in [0.3, 0.4) is 0 Å². The van der Waals surface area contributed by atoms with Crippen molar-refractivity contribution in [3.63, 3.8) is 0 Å². The van der Waals surface area contributed by atoms with E-state index >= 15 is 0 Å². The molecule has 43 heavy (non-hydrogen) atoms. The number of nitrogens with one attached hydrogen (secondary N) is 2. The topological polar surface area (TPSA) is 125 Å². The standard InChI is InChI=1S/C32H33N3O7S/c1-4-41-29-11-7-8-12-30(29)43(38,39)34-31(36)21-13-16-28(40-3)22(17-21)18-23-20-35(2)27-15-14-24(19-26(23)27)33-32(37)42-25-9-5-6-10-25/h4,7-8,11-17,19-20,25H,1,5-6,9-10,18H2,2-3H3,(H,33,37)(H,34,36). The van der Waals surface area contributed by atoms with Crippen molar-refractivity contribution >= 4 is 38.6 Å². The number of amides is 2. The van der Waals surface area contributed by atoms with E-state index in [1.807, 2.05) is 36.0 Å². The van der Waals surface area contributed by atoms with Crippen LogP contribution in [0.5, 0.6) is 11.5 Å². The Labute approximate surface area is 250 Å². The van der Waals surface area contributed by atoms with Crippen LogP contribution in [0.2, 0.25) is 0 Å². The average molecular weight is 604 g/mol. The number of carbonyl (C=O) groups is 2. The van der Waals surface area contributed by atoms with Gasteiger partial charge in [0.15, 0.2) is 0 Å². The number of rotatable bonds is 10. The van der Waals surface area contributed by atoms with Crippen LogP contribution in [0, 0.1) is 0 Å². The van der Waals surface area contributed by atoms with Crippen molar-refractivity contribution in [2.45, 2.75) is 43.1 Å². The average Bonchev–Trinajstić information content (AvgIpc) is 3.60. The van der Waals surface area contributed by atoms with Crippen LogP contribution in [-0.4, -0.2) is 38.2 Å². The van der Waals surface area contributed by atoms with Crippen LogP contribution in [0.1, 0.15) is 47.2 Å². The summed E-state index contributed by atoms with van der Waals surface area (Å²) in [6.07, 6.45) is 6.85. The quantitative estimate of drug-likeness (QED) is 0.216. The Bertz CT molecular complexity index is 1790. The van der Waals surface area contributed by atoms with E-state index in [-0.39, 0.29) is 22.3 Å². The predicted molar refractivity (Wildman–Crippen MR) is 163 cm³/mol. The Morgan fingerprint density at radius 1 is 1.02 bits per heavy atom. The number of aromatic nitrogens is 1. The maximum atomic E-state index is 13.1. The van der Waals surface area contributed by atoms with Crippen LogP contribution < -0.4 is 19.5 Å². The van der Waals surface area contributed by atoms with Crippen LogP contribution in [0.15, 0.2) is 84.6 Å². The van der Waals surface area contributed by atoms with Gasteiger partial charge in [0.2, 0.25) is 0 Å². The lowest BCUT2D eigenvalue weighted by Gasteiger charge is -2.13. The minimum Gasteiger partial charge on any atom is -0.496 e. The molecule has 1 aromatic heterocycles. The summed E-state index contributed by atoms with van der Waals surface area (Å²) in [6.45, 7) is 3.46. The monoisotopic (exact) mass is 603 g/mol. The fourth-order valence-electron chi connectivity index (χ4n) is 5.36. The second kappa shape index (κ2) is 12.6. The third kappa shape index (κ3) is 6.67. The second-order valence-electron chi connectivity index (χ2n) is 10.3. The van der Waals surface area contributed by atoms with Gasteiger partial charge in [-0.2, -0.15) is 0 Å². The van der Waals surface area contributed by atoms with Crippen molar-refractivity contribution in [1.29, 1.82) is 0 Å². The lowest BCUT2D eigenvalue weighted by molar-refractivity contribution is 0.0980. The van der Waals surface area contributed by atoms with Crippen molar-refractivity contribution in [3.05, 3.63) is 96.4 Å². The van der Waals surface area contributed by atoms with Crippen LogP contribution in [0.25, 0.3) is 10.9 Å². The van der Waals surface area contributed by atoms with Crippen LogP contribution in [-0.2, 0) is 28.2 Å². The van der Waals surface area contributed by atoms with Gasteiger partial charge in [0.05, 0.1) is 13.4 Å². The fourth-order valence-corrected chi connectivity index (χ4v) is 6.47. The molecule has 1 saturated carbocycles. The van der Waals surface area contributed by atoms with Gasteiger partial charge in [0.25, 0.3) is 15.9 Å². The normalized spacial score (nSPS) is 13.4. The molecule has 0 aliphatic heterocycles. The molecule has 224 valence electrons. The maximum Gasteiger partial charge on any atom is 0.411 e. The van der Waals surface area contributed by atoms with Gasteiger partial charge in [-0.05, 0) is 85.3 Å². The van der Waals surface area contributed by atoms with E-state index in [2.05, 4.69) is 16.6 Å². The van der Waals surface area contributed by atoms with Gasteiger partial charge in [0.1, 0.15) is 22.5 Å². The number of fused-ring (bicyclic) bond motifs is 1. The Morgan fingerprint density at radius 2 is 1.79 bits per heavy atom.